The van der Waals surface area contributed by atoms with E-state index in [1.54, 1.807) is 20.8 Å². The molecule has 0 spiro atoms. The molecule has 1 heterocycles. The zero-order valence-electron chi connectivity index (χ0n) is 13.9. The summed E-state index contributed by atoms with van der Waals surface area (Å²) in [4.78, 5) is 36.2. The minimum absolute atomic E-state index is 0.0655. The predicted molar refractivity (Wildman–Crippen MR) is 78.5 cm³/mol. The number of carbonyl (C=O) groups excluding carboxylic acids is 3. The van der Waals surface area contributed by atoms with Crippen molar-refractivity contribution in [3.8, 4) is 0 Å². The van der Waals surface area contributed by atoms with Gasteiger partial charge in [0.15, 0.2) is 0 Å². The minimum atomic E-state index is -0.565. The summed E-state index contributed by atoms with van der Waals surface area (Å²) in [6.45, 7) is 9.63. The lowest BCUT2D eigenvalue weighted by atomic mass is 9.96. The van der Waals surface area contributed by atoms with Crippen LogP contribution in [0.2, 0.25) is 0 Å². The number of piperidine rings is 1. The van der Waals surface area contributed by atoms with Crippen LogP contribution in [0.3, 0.4) is 0 Å². The molecule has 1 amide bonds. The van der Waals surface area contributed by atoms with Crippen LogP contribution in [0, 0.1) is 5.92 Å². The third-order valence-electron chi connectivity index (χ3n) is 2.80. The second-order valence-electron chi connectivity index (χ2n) is 5.61. The fourth-order valence-electron chi connectivity index (χ4n) is 1.94. The van der Waals surface area contributed by atoms with Crippen molar-refractivity contribution in [2.75, 3.05) is 20.2 Å². The van der Waals surface area contributed by atoms with Crippen LogP contribution in [0.5, 0.6) is 0 Å². The van der Waals surface area contributed by atoms with Crippen molar-refractivity contribution in [2.24, 2.45) is 5.92 Å². The van der Waals surface area contributed by atoms with Crippen molar-refractivity contribution >= 4 is 17.8 Å². The first-order valence-corrected chi connectivity index (χ1v) is 7.30. The second-order valence-corrected chi connectivity index (χ2v) is 5.61. The Hall–Kier alpha value is -1.59. The van der Waals surface area contributed by atoms with Gasteiger partial charge in [0, 0.05) is 13.0 Å². The maximum Gasteiger partial charge on any atom is 0.326 e. The van der Waals surface area contributed by atoms with Crippen molar-refractivity contribution in [2.45, 2.75) is 53.1 Å². The van der Waals surface area contributed by atoms with Gasteiger partial charge in [-0.3, -0.25) is 14.4 Å². The molecule has 1 fully saturated rings. The first-order chi connectivity index (χ1) is 9.73. The van der Waals surface area contributed by atoms with E-state index in [1.807, 2.05) is 13.8 Å². The molecule has 0 aliphatic carbocycles. The van der Waals surface area contributed by atoms with Crippen LogP contribution in [0.4, 0.5) is 0 Å². The number of likely N-dealkylation sites (tertiary alicyclic amines) is 1. The van der Waals surface area contributed by atoms with Crippen LogP contribution >= 0.6 is 0 Å². The molecule has 0 aromatic heterocycles. The highest BCUT2D eigenvalue weighted by Gasteiger charge is 2.32. The number of rotatable bonds is 3. The lowest BCUT2D eigenvalue weighted by molar-refractivity contribution is -0.161. The fraction of sp³-hybridized carbons (Fsp3) is 0.800. The van der Waals surface area contributed by atoms with E-state index >= 15 is 0 Å². The van der Waals surface area contributed by atoms with Gasteiger partial charge in [0.25, 0.3) is 0 Å². The first kappa shape index (κ1) is 19.4. The number of methoxy groups -OCH3 is 1. The van der Waals surface area contributed by atoms with E-state index in [0.29, 0.717) is 13.0 Å². The molecule has 6 nitrogen and oxygen atoms in total. The third kappa shape index (κ3) is 7.11. The summed E-state index contributed by atoms with van der Waals surface area (Å²) in [5.74, 6) is -1.41. The number of hydrogen-bond donors (Lipinski definition) is 0. The van der Waals surface area contributed by atoms with Crippen molar-refractivity contribution in [1.29, 1.82) is 0 Å². The van der Waals surface area contributed by atoms with Gasteiger partial charge in [-0.2, -0.15) is 0 Å². The Bertz CT molecular complexity index is 373. The number of nitrogens with zero attached hydrogens (tertiary/aromatic N) is 1. The molecule has 1 saturated heterocycles. The van der Waals surface area contributed by atoms with Gasteiger partial charge in [0.2, 0.25) is 5.91 Å². The lowest BCUT2D eigenvalue weighted by Gasteiger charge is -2.30. The highest BCUT2D eigenvalue weighted by molar-refractivity contribution is 5.87. The van der Waals surface area contributed by atoms with E-state index in [4.69, 9.17) is 4.74 Å². The van der Waals surface area contributed by atoms with Gasteiger partial charge in [0.1, 0.15) is 12.1 Å². The first-order valence-electron chi connectivity index (χ1n) is 7.30. The zero-order valence-corrected chi connectivity index (χ0v) is 13.9. The molecule has 0 saturated carbocycles. The SMILES string of the molecule is CC.COC(=O)C1CCN(CC(=O)OC(C)(C)C)C(=O)C1. The summed E-state index contributed by atoms with van der Waals surface area (Å²) in [5.41, 5.74) is -0.565. The van der Waals surface area contributed by atoms with E-state index in [0.717, 1.165) is 0 Å². The van der Waals surface area contributed by atoms with Crippen LogP contribution < -0.4 is 0 Å². The number of amides is 1. The molecule has 0 bridgehead atoms. The molecule has 122 valence electrons. The average Bonchev–Trinajstić information content (AvgIpc) is 2.40. The van der Waals surface area contributed by atoms with Crippen molar-refractivity contribution in [1.82, 2.24) is 4.90 Å². The van der Waals surface area contributed by atoms with Gasteiger partial charge >= 0.3 is 11.9 Å². The number of esters is 2. The summed E-state index contributed by atoms with van der Waals surface area (Å²) in [5, 5.41) is 0. The molecule has 1 unspecified atom stereocenters. The Kier molecular flexibility index (Phi) is 7.99. The molecule has 21 heavy (non-hydrogen) atoms. The zero-order chi connectivity index (χ0) is 16.6. The van der Waals surface area contributed by atoms with Gasteiger partial charge in [-0.1, -0.05) is 13.8 Å². The molecular formula is C15H27NO5. The molecule has 0 aromatic rings. The van der Waals surface area contributed by atoms with E-state index in [9.17, 15) is 14.4 Å². The van der Waals surface area contributed by atoms with Gasteiger partial charge in [-0.15, -0.1) is 0 Å². The quantitative estimate of drug-likeness (QED) is 0.743. The number of carbonyl (C=O) groups is 3. The second kappa shape index (κ2) is 8.64. The predicted octanol–water partition coefficient (Wildman–Crippen LogP) is 1.77. The van der Waals surface area contributed by atoms with E-state index in [1.165, 1.54) is 12.0 Å². The van der Waals surface area contributed by atoms with Crippen LogP contribution in [0.15, 0.2) is 0 Å². The standard InChI is InChI=1S/C13H21NO5.C2H6/c1-13(2,3)19-11(16)8-14-6-5-9(7-10(14)15)12(17)18-4;1-2/h9H,5-8H2,1-4H3;1-2H3. The van der Waals surface area contributed by atoms with Crippen LogP contribution in [0.25, 0.3) is 0 Å². The maximum absolute atomic E-state index is 11.8. The van der Waals surface area contributed by atoms with E-state index in [-0.39, 0.29) is 24.8 Å². The van der Waals surface area contributed by atoms with Gasteiger partial charge in [-0.25, -0.2) is 0 Å². The summed E-state index contributed by atoms with van der Waals surface area (Å²) in [7, 11) is 1.31. The smallest absolute Gasteiger partial charge is 0.326 e. The molecule has 6 heteroatoms. The van der Waals surface area contributed by atoms with Crippen LogP contribution in [-0.2, 0) is 23.9 Å². The Morgan fingerprint density at radius 3 is 2.29 bits per heavy atom. The summed E-state index contributed by atoms with van der Waals surface area (Å²) in [6.07, 6.45) is 0.608. The molecule has 1 aliphatic rings. The highest BCUT2D eigenvalue weighted by atomic mass is 16.6. The molecule has 1 aliphatic heterocycles. The van der Waals surface area contributed by atoms with Crippen LogP contribution in [-0.4, -0.2) is 48.5 Å². The monoisotopic (exact) mass is 301 g/mol. The van der Waals surface area contributed by atoms with E-state index < -0.39 is 17.5 Å². The summed E-state index contributed by atoms with van der Waals surface area (Å²) in [6, 6.07) is 0. The Balaban J connectivity index is 0.00000191. The average molecular weight is 301 g/mol. The lowest BCUT2D eigenvalue weighted by Crippen LogP contribution is -2.44. The molecule has 0 aromatic carbocycles. The third-order valence-corrected chi connectivity index (χ3v) is 2.80. The minimum Gasteiger partial charge on any atom is -0.469 e. The number of ether oxygens (including phenoxy) is 2. The molecule has 1 rings (SSSR count). The molecule has 1 atom stereocenters. The highest BCUT2D eigenvalue weighted by Crippen LogP contribution is 2.19. The van der Waals surface area contributed by atoms with Crippen molar-refractivity contribution in [3.63, 3.8) is 0 Å². The molecule has 0 radical (unpaired) electrons. The fourth-order valence-corrected chi connectivity index (χ4v) is 1.94. The largest absolute Gasteiger partial charge is 0.469 e. The molecular weight excluding hydrogens is 274 g/mol. The Morgan fingerprint density at radius 2 is 1.86 bits per heavy atom. The van der Waals surface area contributed by atoms with E-state index in [2.05, 4.69) is 4.74 Å². The molecule has 0 N–H and O–H groups in total. The van der Waals surface area contributed by atoms with Crippen molar-refractivity contribution < 1.29 is 23.9 Å². The summed E-state index contributed by atoms with van der Waals surface area (Å²) >= 11 is 0. The van der Waals surface area contributed by atoms with Gasteiger partial charge < -0.3 is 14.4 Å². The van der Waals surface area contributed by atoms with Gasteiger partial charge in [0.05, 0.1) is 13.0 Å². The maximum atomic E-state index is 11.8. The Labute approximate surface area is 126 Å². The van der Waals surface area contributed by atoms with Crippen LogP contribution in [0.1, 0.15) is 47.5 Å². The van der Waals surface area contributed by atoms with Crippen molar-refractivity contribution in [3.05, 3.63) is 0 Å². The topological polar surface area (TPSA) is 72.9 Å². The Morgan fingerprint density at radius 1 is 1.29 bits per heavy atom. The summed E-state index contributed by atoms with van der Waals surface area (Å²) < 4.78 is 9.78. The number of hydrogen-bond acceptors (Lipinski definition) is 5. The van der Waals surface area contributed by atoms with Gasteiger partial charge in [-0.05, 0) is 27.2 Å². The normalized spacial score (nSPS) is 18.5.